The van der Waals surface area contributed by atoms with Crippen LogP contribution in [0.25, 0.3) is 0 Å². The Morgan fingerprint density at radius 2 is 1.85 bits per heavy atom. The lowest BCUT2D eigenvalue weighted by Crippen LogP contribution is -2.30. The molecule has 1 rings (SSSR count). The number of benzene rings is 1. The van der Waals surface area contributed by atoms with Crippen molar-refractivity contribution in [2.24, 2.45) is 0 Å². The third kappa shape index (κ3) is 5.90. The summed E-state index contributed by atoms with van der Waals surface area (Å²) in [7, 11) is -3.41. The maximum atomic E-state index is 11.9. The first-order valence-corrected chi connectivity index (χ1v) is 8.38. The van der Waals surface area contributed by atoms with Gasteiger partial charge in [-0.05, 0) is 51.5 Å². The Kier molecular flexibility index (Phi) is 6.98. The molecular formula is C14H24N2O3S. The maximum absolute atomic E-state index is 11.9. The fourth-order valence-electron chi connectivity index (χ4n) is 1.68. The topological polar surface area (TPSA) is 67.4 Å². The summed E-state index contributed by atoms with van der Waals surface area (Å²) in [4.78, 5) is 0.283. The van der Waals surface area contributed by atoms with Gasteiger partial charge in [0.05, 0.1) is 4.90 Å². The first kappa shape index (κ1) is 16.9. The van der Waals surface area contributed by atoms with Gasteiger partial charge >= 0.3 is 0 Å². The van der Waals surface area contributed by atoms with E-state index in [0.717, 1.165) is 31.9 Å². The molecule has 0 fully saturated rings. The number of nitrogens with one attached hydrogen (secondary N) is 2. The average molecular weight is 300 g/mol. The molecule has 2 N–H and O–H groups in total. The molecule has 0 saturated heterocycles. The molecular weight excluding hydrogens is 276 g/mol. The van der Waals surface area contributed by atoms with E-state index in [4.69, 9.17) is 4.74 Å². The summed E-state index contributed by atoms with van der Waals surface area (Å²) in [5.74, 6) is 0. The van der Waals surface area contributed by atoms with Crippen molar-refractivity contribution in [3.63, 3.8) is 0 Å². The van der Waals surface area contributed by atoms with Crippen molar-refractivity contribution < 1.29 is 13.2 Å². The fraction of sp³-hybridized carbons (Fsp3) is 0.571. The zero-order chi connectivity index (χ0) is 15.0. The Balaban J connectivity index is 2.52. The normalized spacial score (nSPS) is 11.8. The second-order valence-corrected chi connectivity index (χ2v) is 6.49. The van der Waals surface area contributed by atoms with Crippen LogP contribution in [0.4, 0.5) is 5.69 Å². The summed E-state index contributed by atoms with van der Waals surface area (Å²) < 4.78 is 31.7. The maximum Gasteiger partial charge on any atom is 0.240 e. The SMILES string of the molecule is CCOCCCNc1ccc(S(=O)(=O)NC(C)C)cc1. The smallest absolute Gasteiger partial charge is 0.240 e. The van der Waals surface area contributed by atoms with Gasteiger partial charge in [-0.15, -0.1) is 0 Å². The number of sulfonamides is 1. The van der Waals surface area contributed by atoms with Crippen LogP contribution >= 0.6 is 0 Å². The van der Waals surface area contributed by atoms with Crippen molar-refractivity contribution in [2.45, 2.75) is 38.1 Å². The van der Waals surface area contributed by atoms with Crippen LogP contribution in [0.3, 0.4) is 0 Å². The van der Waals surface area contributed by atoms with Crippen LogP contribution in [-0.4, -0.2) is 34.2 Å². The van der Waals surface area contributed by atoms with E-state index in [-0.39, 0.29) is 10.9 Å². The van der Waals surface area contributed by atoms with Crippen molar-refractivity contribution in [1.82, 2.24) is 4.72 Å². The second kappa shape index (κ2) is 8.24. The van der Waals surface area contributed by atoms with Gasteiger partial charge in [0.15, 0.2) is 0 Å². The molecule has 0 aliphatic heterocycles. The number of ether oxygens (including phenoxy) is 1. The van der Waals surface area contributed by atoms with Gasteiger partial charge in [-0.25, -0.2) is 13.1 Å². The van der Waals surface area contributed by atoms with E-state index in [1.807, 2.05) is 6.92 Å². The third-order valence-electron chi connectivity index (χ3n) is 2.55. The molecule has 114 valence electrons. The summed E-state index contributed by atoms with van der Waals surface area (Å²) >= 11 is 0. The van der Waals surface area contributed by atoms with E-state index >= 15 is 0 Å². The molecule has 20 heavy (non-hydrogen) atoms. The zero-order valence-corrected chi connectivity index (χ0v) is 13.2. The quantitative estimate of drug-likeness (QED) is 0.686. The first-order valence-electron chi connectivity index (χ1n) is 6.89. The Labute approximate surface area is 121 Å². The van der Waals surface area contributed by atoms with Crippen LogP contribution in [0.2, 0.25) is 0 Å². The minimum atomic E-state index is -3.41. The fourth-order valence-corrected chi connectivity index (χ4v) is 2.93. The minimum absolute atomic E-state index is 0.114. The minimum Gasteiger partial charge on any atom is -0.385 e. The van der Waals surface area contributed by atoms with Gasteiger partial charge in [-0.1, -0.05) is 0 Å². The lowest BCUT2D eigenvalue weighted by Gasteiger charge is -2.11. The lowest BCUT2D eigenvalue weighted by atomic mass is 10.3. The molecule has 1 aromatic rings. The number of hydrogen-bond acceptors (Lipinski definition) is 4. The van der Waals surface area contributed by atoms with Gasteiger partial charge in [-0.3, -0.25) is 0 Å². The molecule has 0 amide bonds. The molecule has 0 heterocycles. The third-order valence-corrected chi connectivity index (χ3v) is 4.23. The van der Waals surface area contributed by atoms with Gasteiger partial charge in [-0.2, -0.15) is 0 Å². The highest BCUT2D eigenvalue weighted by Crippen LogP contribution is 2.14. The van der Waals surface area contributed by atoms with Crippen LogP contribution in [0.15, 0.2) is 29.2 Å². The molecule has 6 heteroatoms. The Bertz CT molecular complexity index is 484. The molecule has 1 aromatic carbocycles. The van der Waals surface area contributed by atoms with Crippen LogP contribution < -0.4 is 10.0 Å². The molecule has 0 unspecified atom stereocenters. The molecule has 0 spiro atoms. The Hall–Kier alpha value is -1.11. The molecule has 0 atom stereocenters. The van der Waals surface area contributed by atoms with Gasteiger partial charge in [0.1, 0.15) is 0 Å². The van der Waals surface area contributed by atoms with Crippen molar-refractivity contribution >= 4 is 15.7 Å². The van der Waals surface area contributed by atoms with E-state index in [9.17, 15) is 8.42 Å². The monoisotopic (exact) mass is 300 g/mol. The molecule has 0 radical (unpaired) electrons. The predicted octanol–water partition coefficient (Wildman–Crippen LogP) is 2.21. The predicted molar refractivity (Wildman–Crippen MR) is 81.5 cm³/mol. The summed E-state index contributed by atoms with van der Waals surface area (Å²) in [5.41, 5.74) is 0.907. The van der Waals surface area contributed by atoms with E-state index in [1.165, 1.54) is 0 Å². The Morgan fingerprint density at radius 3 is 2.40 bits per heavy atom. The summed E-state index contributed by atoms with van der Waals surface area (Å²) in [6, 6.07) is 6.65. The zero-order valence-electron chi connectivity index (χ0n) is 12.3. The van der Waals surface area contributed by atoms with Crippen LogP contribution in [0, 0.1) is 0 Å². The highest BCUT2D eigenvalue weighted by Gasteiger charge is 2.14. The highest BCUT2D eigenvalue weighted by molar-refractivity contribution is 7.89. The van der Waals surface area contributed by atoms with Gasteiger partial charge in [0.25, 0.3) is 0 Å². The summed E-state index contributed by atoms with van der Waals surface area (Å²) in [6.07, 6.45) is 0.919. The van der Waals surface area contributed by atoms with Gasteiger partial charge in [0.2, 0.25) is 10.0 Å². The first-order chi connectivity index (χ1) is 9.45. The molecule has 0 saturated carbocycles. The second-order valence-electron chi connectivity index (χ2n) is 4.78. The van der Waals surface area contributed by atoms with E-state index in [0.29, 0.717) is 0 Å². The number of rotatable bonds is 9. The molecule has 0 aliphatic carbocycles. The average Bonchev–Trinajstić information content (AvgIpc) is 2.37. The molecule has 0 aromatic heterocycles. The molecule has 0 aliphatic rings. The standard InChI is InChI=1S/C14H24N2O3S/c1-4-19-11-5-10-15-13-6-8-14(9-7-13)20(17,18)16-12(2)3/h6-9,12,15-16H,4-5,10-11H2,1-3H3. The van der Waals surface area contributed by atoms with E-state index in [2.05, 4.69) is 10.0 Å². The van der Waals surface area contributed by atoms with E-state index < -0.39 is 10.0 Å². The van der Waals surface area contributed by atoms with Crippen molar-refractivity contribution in [3.8, 4) is 0 Å². The van der Waals surface area contributed by atoms with Gasteiger partial charge < -0.3 is 10.1 Å². The van der Waals surface area contributed by atoms with Crippen LogP contribution in [-0.2, 0) is 14.8 Å². The molecule has 0 bridgehead atoms. The largest absolute Gasteiger partial charge is 0.385 e. The summed E-state index contributed by atoms with van der Waals surface area (Å²) in [5, 5.41) is 3.23. The lowest BCUT2D eigenvalue weighted by molar-refractivity contribution is 0.147. The van der Waals surface area contributed by atoms with Crippen molar-refractivity contribution in [2.75, 3.05) is 25.1 Å². The van der Waals surface area contributed by atoms with Crippen molar-refractivity contribution in [3.05, 3.63) is 24.3 Å². The number of hydrogen-bond donors (Lipinski definition) is 2. The van der Waals surface area contributed by atoms with Crippen molar-refractivity contribution in [1.29, 1.82) is 0 Å². The molecule has 5 nitrogen and oxygen atoms in total. The van der Waals surface area contributed by atoms with E-state index in [1.54, 1.807) is 38.1 Å². The van der Waals surface area contributed by atoms with Crippen LogP contribution in [0.1, 0.15) is 27.2 Å². The van der Waals surface area contributed by atoms with Crippen LogP contribution in [0.5, 0.6) is 0 Å². The highest BCUT2D eigenvalue weighted by atomic mass is 32.2. The number of anilines is 1. The van der Waals surface area contributed by atoms with Gasteiger partial charge in [0, 0.05) is 31.5 Å². The Morgan fingerprint density at radius 1 is 1.20 bits per heavy atom. The summed E-state index contributed by atoms with van der Waals surface area (Å²) in [6.45, 7) is 7.83.